The topological polar surface area (TPSA) is 75.1 Å². The average molecular weight is 331 g/mol. The van der Waals surface area contributed by atoms with Crippen molar-refractivity contribution in [2.24, 2.45) is 5.10 Å². The lowest BCUT2D eigenvalue weighted by Crippen LogP contribution is -2.23. The van der Waals surface area contributed by atoms with E-state index in [1.807, 2.05) is 6.07 Å². The van der Waals surface area contributed by atoms with E-state index in [1.165, 1.54) is 6.21 Å². The highest BCUT2D eigenvalue weighted by molar-refractivity contribution is 7.80. The zero-order valence-corrected chi connectivity index (χ0v) is 13.6. The van der Waals surface area contributed by atoms with Gasteiger partial charge in [-0.3, -0.25) is 5.43 Å². The summed E-state index contributed by atoms with van der Waals surface area (Å²) >= 11 is 5.15. The van der Waals surface area contributed by atoms with Crippen LogP contribution in [-0.2, 0) is 0 Å². The Morgan fingerprint density at radius 2 is 1.87 bits per heavy atom. The Balaban J connectivity index is 1.96. The number of methoxy groups -OCH3 is 2. The minimum absolute atomic E-state index is 0.150. The Kier molecular flexibility index (Phi) is 5.76. The first kappa shape index (κ1) is 16.6. The van der Waals surface area contributed by atoms with Gasteiger partial charge >= 0.3 is 0 Å². The maximum atomic E-state index is 9.62. The zero-order valence-electron chi connectivity index (χ0n) is 12.7. The molecule has 3 N–H and O–H groups in total. The molecule has 0 aromatic heterocycles. The van der Waals surface area contributed by atoms with Gasteiger partial charge in [0.15, 0.2) is 16.6 Å². The molecule has 120 valence electrons. The number of rotatable bonds is 5. The second kappa shape index (κ2) is 8.00. The Hall–Kier alpha value is -2.80. The van der Waals surface area contributed by atoms with Gasteiger partial charge in [0.2, 0.25) is 0 Å². The van der Waals surface area contributed by atoms with Crippen LogP contribution in [-0.4, -0.2) is 30.7 Å². The average Bonchev–Trinajstić information content (AvgIpc) is 2.56. The molecule has 0 saturated carbocycles. The number of phenols is 1. The van der Waals surface area contributed by atoms with Gasteiger partial charge in [0, 0.05) is 17.3 Å². The van der Waals surface area contributed by atoms with Crippen molar-refractivity contribution >= 4 is 29.2 Å². The molecule has 6 nitrogen and oxygen atoms in total. The summed E-state index contributed by atoms with van der Waals surface area (Å²) in [6.45, 7) is 0. The fourth-order valence-electron chi connectivity index (χ4n) is 1.83. The molecule has 2 aromatic rings. The number of hydrogen-bond donors (Lipinski definition) is 3. The highest BCUT2D eigenvalue weighted by atomic mass is 32.1. The Bertz CT molecular complexity index is 719. The van der Waals surface area contributed by atoms with Crippen molar-refractivity contribution < 1.29 is 14.6 Å². The van der Waals surface area contributed by atoms with Crippen LogP contribution in [0.2, 0.25) is 0 Å². The molecule has 0 fully saturated rings. The Morgan fingerprint density at radius 3 is 2.57 bits per heavy atom. The van der Waals surface area contributed by atoms with Crippen molar-refractivity contribution in [3.8, 4) is 17.2 Å². The summed E-state index contributed by atoms with van der Waals surface area (Å²) in [5.41, 5.74) is 4.01. The molecule has 0 heterocycles. The fraction of sp³-hybridized carbons (Fsp3) is 0.125. The molecule has 0 radical (unpaired) electrons. The van der Waals surface area contributed by atoms with Crippen LogP contribution in [0, 0.1) is 0 Å². The van der Waals surface area contributed by atoms with Gasteiger partial charge in [-0.15, -0.1) is 0 Å². The lowest BCUT2D eigenvalue weighted by molar-refractivity contribution is 0.355. The molecule has 7 heteroatoms. The van der Waals surface area contributed by atoms with Crippen molar-refractivity contribution in [2.45, 2.75) is 0 Å². The first-order valence-electron chi connectivity index (χ1n) is 6.74. The lowest BCUT2D eigenvalue weighted by Gasteiger charge is -2.11. The van der Waals surface area contributed by atoms with E-state index >= 15 is 0 Å². The molecule has 0 bridgehead atoms. The quantitative estimate of drug-likeness (QED) is 0.444. The van der Waals surface area contributed by atoms with Gasteiger partial charge in [0.1, 0.15) is 5.75 Å². The highest BCUT2D eigenvalue weighted by Gasteiger charge is 2.05. The van der Waals surface area contributed by atoms with E-state index in [1.54, 1.807) is 50.6 Å². The predicted molar refractivity (Wildman–Crippen MR) is 94.6 cm³/mol. The highest BCUT2D eigenvalue weighted by Crippen LogP contribution is 2.29. The van der Waals surface area contributed by atoms with E-state index in [0.717, 1.165) is 5.69 Å². The largest absolute Gasteiger partial charge is 0.507 e. The summed E-state index contributed by atoms with van der Waals surface area (Å²) in [5.74, 6) is 1.38. The Morgan fingerprint density at radius 1 is 1.13 bits per heavy atom. The van der Waals surface area contributed by atoms with E-state index in [2.05, 4.69) is 15.8 Å². The third-order valence-corrected chi connectivity index (χ3v) is 3.14. The van der Waals surface area contributed by atoms with Crippen LogP contribution in [0.15, 0.2) is 47.6 Å². The summed E-state index contributed by atoms with van der Waals surface area (Å²) in [4.78, 5) is 0. The SMILES string of the molecule is COc1ccc(NC(=S)N/N=C/c2ccccc2O)cc1OC. The van der Waals surface area contributed by atoms with Crippen LogP contribution in [0.4, 0.5) is 5.69 Å². The number of thiocarbonyl (C=S) groups is 1. The minimum atomic E-state index is 0.150. The van der Waals surface area contributed by atoms with Crippen molar-refractivity contribution in [1.82, 2.24) is 5.43 Å². The number of para-hydroxylation sites is 1. The molecule has 0 aliphatic heterocycles. The van der Waals surface area contributed by atoms with Crippen LogP contribution in [0.1, 0.15) is 5.56 Å². The number of nitrogens with one attached hydrogen (secondary N) is 2. The molecular formula is C16H17N3O3S. The standard InChI is InChI=1S/C16H17N3O3S/c1-21-14-8-7-12(9-15(14)22-2)18-16(23)19-17-10-11-5-3-4-6-13(11)20/h3-10,20H,1-2H3,(H2,18,19,23)/b17-10+. The second-order valence-electron chi connectivity index (χ2n) is 4.45. The van der Waals surface area contributed by atoms with E-state index < -0.39 is 0 Å². The van der Waals surface area contributed by atoms with Gasteiger partial charge in [-0.05, 0) is 36.5 Å². The summed E-state index contributed by atoms with van der Waals surface area (Å²) in [7, 11) is 3.14. The molecule has 23 heavy (non-hydrogen) atoms. The van der Waals surface area contributed by atoms with Gasteiger partial charge in [0.05, 0.1) is 20.4 Å². The third kappa shape index (κ3) is 4.58. The fourth-order valence-corrected chi connectivity index (χ4v) is 2.00. The molecular weight excluding hydrogens is 314 g/mol. The first-order valence-corrected chi connectivity index (χ1v) is 7.15. The van der Waals surface area contributed by atoms with Crippen LogP contribution in [0.25, 0.3) is 0 Å². The number of hydrogen-bond acceptors (Lipinski definition) is 5. The van der Waals surface area contributed by atoms with Gasteiger partial charge in [-0.1, -0.05) is 12.1 Å². The number of benzene rings is 2. The molecule has 0 amide bonds. The maximum absolute atomic E-state index is 9.62. The third-order valence-electron chi connectivity index (χ3n) is 2.95. The van der Waals surface area contributed by atoms with Crippen LogP contribution < -0.4 is 20.2 Å². The molecule has 0 aliphatic carbocycles. The first-order chi connectivity index (χ1) is 11.1. The maximum Gasteiger partial charge on any atom is 0.191 e. The lowest BCUT2D eigenvalue weighted by atomic mass is 10.2. The van der Waals surface area contributed by atoms with Crippen LogP contribution in [0.3, 0.4) is 0 Å². The van der Waals surface area contributed by atoms with Crippen molar-refractivity contribution in [1.29, 1.82) is 0 Å². The molecule has 0 saturated heterocycles. The number of aromatic hydroxyl groups is 1. The van der Waals surface area contributed by atoms with Crippen LogP contribution >= 0.6 is 12.2 Å². The van der Waals surface area contributed by atoms with Crippen molar-refractivity contribution in [3.05, 3.63) is 48.0 Å². The normalized spacial score (nSPS) is 10.3. The summed E-state index contributed by atoms with van der Waals surface area (Å²) in [6, 6.07) is 12.2. The summed E-state index contributed by atoms with van der Waals surface area (Å²) in [5, 5.41) is 16.9. The van der Waals surface area contributed by atoms with E-state index in [9.17, 15) is 5.11 Å². The van der Waals surface area contributed by atoms with Gasteiger partial charge in [-0.25, -0.2) is 0 Å². The molecule has 0 atom stereocenters. The van der Waals surface area contributed by atoms with E-state index in [4.69, 9.17) is 21.7 Å². The smallest absolute Gasteiger partial charge is 0.191 e. The van der Waals surface area contributed by atoms with Crippen molar-refractivity contribution in [3.63, 3.8) is 0 Å². The van der Waals surface area contributed by atoms with E-state index in [0.29, 0.717) is 22.2 Å². The molecule has 0 spiro atoms. The molecule has 2 rings (SSSR count). The van der Waals surface area contributed by atoms with Gasteiger partial charge in [0.25, 0.3) is 0 Å². The number of hydrazone groups is 1. The summed E-state index contributed by atoms with van der Waals surface area (Å²) in [6.07, 6.45) is 1.48. The van der Waals surface area contributed by atoms with E-state index in [-0.39, 0.29) is 5.75 Å². The number of ether oxygens (including phenoxy) is 2. The minimum Gasteiger partial charge on any atom is -0.507 e. The molecule has 2 aromatic carbocycles. The summed E-state index contributed by atoms with van der Waals surface area (Å²) < 4.78 is 10.4. The Labute approximate surface area is 139 Å². The van der Waals surface area contributed by atoms with Gasteiger partial charge in [-0.2, -0.15) is 5.10 Å². The monoisotopic (exact) mass is 331 g/mol. The molecule has 0 aliphatic rings. The van der Waals surface area contributed by atoms with Crippen LogP contribution in [0.5, 0.6) is 17.2 Å². The number of nitrogens with zero attached hydrogens (tertiary/aromatic N) is 1. The number of phenolic OH excluding ortho intramolecular Hbond substituents is 1. The second-order valence-corrected chi connectivity index (χ2v) is 4.86. The predicted octanol–water partition coefficient (Wildman–Crippen LogP) is 2.73. The van der Waals surface area contributed by atoms with Crippen molar-refractivity contribution in [2.75, 3.05) is 19.5 Å². The number of anilines is 1. The van der Waals surface area contributed by atoms with Gasteiger partial charge < -0.3 is 19.9 Å². The zero-order chi connectivity index (χ0) is 16.7. The molecule has 0 unspecified atom stereocenters.